The molecule has 32 heavy (non-hydrogen) atoms. The number of allylic oxidation sites excluding steroid dienone is 1. The lowest BCUT2D eigenvalue weighted by atomic mass is 9.94. The number of anilines is 1. The van der Waals surface area contributed by atoms with Crippen LogP contribution in [-0.2, 0) is 0 Å². The molecule has 0 spiro atoms. The molecule has 3 heterocycles. The third-order valence-electron chi connectivity index (χ3n) is 5.35. The van der Waals surface area contributed by atoms with Gasteiger partial charge < -0.3 is 14.6 Å². The summed E-state index contributed by atoms with van der Waals surface area (Å²) >= 11 is 7.36. The van der Waals surface area contributed by atoms with Crippen molar-refractivity contribution < 1.29 is 9.26 Å². The van der Waals surface area contributed by atoms with Crippen molar-refractivity contribution in [3.8, 4) is 16.5 Å². The molecule has 8 heteroatoms. The Labute approximate surface area is 195 Å². The van der Waals surface area contributed by atoms with E-state index in [9.17, 15) is 0 Å². The molecule has 0 amide bonds. The van der Waals surface area contributed by atoms with E-state index < -0.39 is 0 Å². The van der Waals surface area contributed by atoms with Crippen molar-refractivity contribution in [2.45, 2.75) is 13.0 Å². The fourth-order valence-corrected chi connectivity index (χ4v) is 4.81. The molecule has 1 atom stereocenters. The normalized spacial score (nSPS) is 16.2. The molecule has 1 aliphatic rings. The van der Waals surface area contributed by atoms with E-state index in [0.717, 1.165) is 33.1 Å². The summed E-state index contributed by atoms with van der Waals surface area (Å²) in [4.78, 5) is 7.67. The Hall–Kier alpha value is -3.49. The van der Waals surface area contributed by atoms with Gasteiger partial charge in [0.15, 0.2) is 5.11 Å². The summed E-state index contributed by atoms with van der Waals surface area (Å²) in [6.07, 6.45) is 0. The summed E-state index contributed by atoms with van der Waals surface area (Å²) in [7, 11) is 1.65. The second-order valence-electron chi connectivity index (χ2n) is 7.23. The van der Waals surface area contributed by atoms with Gasteiger partial charge in [-0.2, -0.15) is 4.98 Å². The average molecular weight is 461 g/mol. The lowest BCUT2D eigenvalue weighted by Crippen LogP contribution is -2.46. The van der Waals surface area contributed by atoms with Crippen molar-refractivity contribution in [2.75, 3.05) is 12.0 Å². The summed E-state index contributed by atoms with van der Waals surface area (Å²) < 4.78 is 11.1. The van der Waals surface area contributed by atoms with Crippen LogP contribution >= 0.6 is 23.6 Å². The number of thiocarbonyl (C=S) groups is 1. The van der Waals surface area contributed by atoms with Crippen molar-refractivity contribution in [1.82, 2.24) is 15.5 Å². The molecule has 1 N–H and O–H groups in total. The monoisotopic (exact) mass is 460 g/mol. The van der Waals surface area contributed by atoms with Crippen LogP contribution in [0.25, 0.3) is 16.3 Å². The van der Waals surface area contributed by atoms with Gasteiger partial charge in [-0.3, -0.25) is 4.90 Å². The maximum atomic E-state index is 5.78. The largest absolute Gasteiger partial charge is 0.497 e. The third kappa shape index (κ3) is 3.68. The van der Waals surface area contributed by atoms with Crippen LogP contribution in [-0.4, -0.2) is 22.4 Å². The summed E-state index contributed by atoms with van der Waals surface area (Å²) in [5, 5.41) is 10.3. The standard InChI is InChI=1S/C24H20N4O2S2/c1-15-20(23-26-22(27-30-23)19-9-6-14-32-19)21(16-7-4-3-5-8-16)25-24(31)28(15)17-10-12-18(29-2)13-11-17/h3-14,21H,1-2H3,(H,25,31). The first kappa shape index (κ1) is 20.4. The van der Waals surface area contributed by atoms with Gasteiger partial charge in [0.05, 0.1) is 23.6 Å². The molecule has 0 fully saturated rings. The topological polar surface area (TPSA) is 63.4 Å². The first-order valence-corrected chi connectivity index (χ1v) is 11.3. The van der Waals surface area contributed by atoms with Gasteiger partial charge in [0, 0.05) is 11.4 Å². The Balaban J connectivity index is 1.64. The molecule has 0 aliphatic carbocycles. The van der Waals surface area contributed by atoms with Gasteiger partial charge >= 0.3 is 0 Å². The maximum absolute atomic E-state index is 5.78. The van der Waals surface area contributed by atoms with Crippen molar-refractivity contribution >= 4 is 39.9 Å². The average Bonchev–Trinajstić information content (AvgIpc) is 3.52. The van der Waals surface area contributed by atoms with Crippen LogP contribution in [0.5, 0.6) is 5.75 Å². The second-order valence-corrected chi connectivity index (χ2v) is 8.56. The summed E-state index contributed by atoms with van der Waals surface area (Å²) in [6.45, 7) is 2.03. The van der Waals surface area contributed by atoms with E-state index in [1.165, 1.54) is 0 Å². The lowest BCUT2D eigenvalue weighted by molar-refractivity contribution is 0.404. The van der Waals surface area contributed by atoms with Crippen molar-refractivity contribution in [3.05, 3.63) is 89.3 Å². The lowest BCUT2D eigenvalue weighted by Gasteiger charge is -2.37. The molecule has 5 rings (SSSR count). The zero-order valence-corrected chi connectivity index (χ0v) is 19.1. The highest BCUT2D eigenvalue weighted by Crippen LogP contribution is 2.39. The SMILES string of the molecule is COc1ccc(N2C(=S)NC(c3ccccc3)C(c3nc(-c4cccs4)no3)=C2C)cc1. The Kier molecular flexibility index (Phi) is 5.46. The van der Waals surface area contributed by atoms with Crippen molar-refractivity contribution in [3.63, 3.8) is 0 Å². The van der Waals surface area contributed by atoms with Gasteiger partial charge in [0.25, 0.3) is 5.89 Å². The number of hydrogen-bond donors (Lipinski definition) is 1. The minimum absolute atomic E-state index is 0.213. The molecule has 2 aromatic heterocycles. The molecule has 0 bridgehead atoms. The quantitative estimate of drug-likeness (QED) is 0.385. The first-order chi connectivity index (χ1) is 15.7. The van der Waals surface area contributed by atoms with Gasteiger partial charge in [-0.15, -0.1) is 11.3 Å². The van der Waals surface area contributed by atoms with E-state index in [4.69, 9.17) is 26.5 Å². The zero-order chi connectivity index (χ0) is 22.1. The number of benzene rings is 2. The van der Waals surface area contributed by atoms with Crippen LogP contribution in [0.15, 0.2) is 82.3 Å². The number of ether oxygens (including phenoxy) is 1. The fraction of sp³-hybridized carbons (Fsp3) is 0.125. The smallest absolute Gasteiger partial charge is 0.258 e. The molecule has 6 nitrogen and oxygen atoms in total. The molecule has 1 aliphatic heterocycles. The predicted molar refractivity (Wildman–Crippen MR) is 131 cm³/mol. The van der Waals surface area contributed by atoms with E-state index in [2.05, 4.69) is 22.6 Å². The van der Waals surface area contributed by atoms with E-state index in [1.807, 2.05) is 71.8 Å². The Morgan fingerprint density at radius 1 is 1.06 bits per heavy atom. The fourth-order valence-electron chi connectivity index (χ4n) is 3.80. The summed E-state index contributed by atoms with van der Waals surface area (Å²) in [5.41, 5.74) is 3.79. The Morgan fingerprint density at radius 2 is 1.84 bits per heavy atom. The van der Waals surface area contributed by atoms with E-state index >= 15 is 0 Å². The van der Waals surface area contributed by atoms with Gasteiger partial charge in [0.1, 0.15) is 5.75 Å². The third-order valence-corrected chi connectivity index (χ3v) is 6.51. The first-order valence-electron chi connectivity index (χ1n) is 10.0. The molecule has 1 unspecified atom stereocenters. The predicted octanol–water partition coefficient (Wildman–Crippen LogP) is 5.67. The van der Waals surface area contributed by atoms with Gasteiger partial charge in [-0.25, -0.2) is 0 Å². The molecule has 4 aromatic rings. The minimum atomic E-state index is -0.213. The molecule has 0 saturated heterocycles. The van der Waals surface area contributed by atoms with Crippen LogP contribution in [0.3, 0.4) is 0 Å². The van der Waals surface area contributed by atoms with E-state index in [1.54, 1.807) is 18.4 Å². The Bertz CT molecular complexity index is 1270. The number of nitrogens with zero attached hydrogens (tertiary/aromatic N) is 3. The van der Waals surface area contributed by atoms with Crippen molar-refractivity contribution in [2.24, 2.45) is 0 Å². The van der Waals surface area contributed by atoms with Crippen LogP contribution < -0.4 is 15.0 Å². The van der Waals surface area contributed by atoms with Crippen LogP contribution in [0, 0.1) is 0 Å². The number of methoxy groups -OCH3 is 1. The minimum Gasteiger partial charge on any atom is -0.497 e. The van der Waals surface area contributed by atoms with Crippen LogP contribution in [0.4, 0.5) is 5.69 Å². The molecule has 160 valence electrons. The number of nitrogens with one attached hydrogen (secondary N) is 1. The van der Waals surface area contributed by atoms with Gasteiger partial charge in [0.2, 0.25) is 5.82 Å². The zero-order valence-electron chi connectivity index (χ0n) is 17.5. The maximum Gasteiger partial charge on any atom is 0.258 e. The van der Waals surface area contributed by atoms with Crippen molar-refractivity contribution in [1.29, 1.82) is 0 Å². The van der Waals surface area contributed by atoms with Gasteiger partial charge in [-0.05, 0) is 60.4 Å². The second kappa shape index (κ2) is 8.57. The molecule has 2 aromatic carbocycles. The number of rotatable bonds is 5. The van der Waals surface area contributed by atoms with Crippen LogP contribution in [0.1, 0.15) is 24.4 Å². The molecule has 0 saturated carbocycles. The van der Waals surface area contributed by atoms with Crippen LogP contribution in [0.2, 0.25) is 0 Å². The summed E-state index contributed by atoms with van der Waals surface area (Å²) in [6, 6.07) is 21.6. The number of thiophene rings is 1. The molecule has 0 radical (unpaired) electrons. The highest BCUT2D eigenvalue weighted by atomic mass is 32.1. The highest BCUT2D eigenvalue weighted by molar-refractivity contribution is 7.80. The Morgan fingerprint density at radius 3 is 2.53 bits per heavy atom. The van der Waals surface area contributed by atoms with Gasteiger partial charge in [-0.1, -0.05) is 41.6 Å². The van der Waals surface area contributed by atoms with E-state index in [0.29, 0.717) is 16.8 Å². The molecular weight excluding hydrogens is 440 g/mol. The highest BCUT2D eigenvalue weighted by Gasteiger charge is 2.34. The number of aromatic nitrogens is 2. The number of hydrogen-bond acceptors (Lipinski definition) is 6. The summed E-state index contributed by atoms with van der Waals surface area (Å²) in [5.74, 6) is 1.82. The molecular formula is C24H20N4O2S2. The van der Waals surface area contributed by atoms with E-state index in [-0.39, 0.29) is 6.04 Å².